The zero-order chi connectivity index (χ0) is 17.9. The van der Waals surface area contributed by atoms with E-state index in [-0.39, 0.29) is 6.10 Å². The van der Waals surface area contributed by atoms with Crippen LogP contribution in [0.4, 0.5) is 11.4 Å². The molecule has 2 aromatic carbocycles. The second kappa shape index (κ2) is 7.64. The molecule has 2 aliphatic rings. The predicted molar refractivity (Wildman–Crippen MR) is 105 cm³/mol. The second-order valence-corrected chi connectivity index (χ2v) is 7.41. The van der Waals surface area contributed by atoms with Gasteiger partial charge in [-0.05, 0) is 49.7 Å². The summed E-state index contributed by atoms with van der Waals surface area (Å²) in [6.07, 6.45) is 2.31. The van der Waals surface area contributed by atoms with Gasteiger partial charge >= 0.3 is 0 Å². The maximum Gasteiger partial charge on any atom is 0.161 e. The average Bonchev–Trinajstić information content (AvgIpc) is 2.65. The molecule has 26 heavy (non-hydrogen) atoms. The van der Waals surface area contributed by atoms with Crippen molar-refractivity contribution in [2.75, 3.05) is 37.3 Å². The number of benzene rings is 2. The number of hydrogen-bond donors (Lipinski definition) is 2. The molecule has 4 rings (SSSR count). The fourth-order valence-corrected chi connectivity index (χ4v) is 3.83. The number of nitrogens with two attached hydrogens (primary N) is 1. The molecule has 5 nitrogen and oxygen atoms in total. The quantitative estimate of drug-likeness (QED) is 0.801. The lowest BCUT2D eigenvalue weighted by Crippen LogP contribution is -2.48. The Bertz CT molecular complexity index is 770. The number of fused-ring (bicyclic) bond motifs is 1. The van der Waals surface area contributed by atoms with Crippen LogP contribution < -0.4 is 20.5 Å². The van der Waals surface area contributed by atoms with Crippen LogP contribution in [0.1, 0.15) is 12.8 Å². The monoisotopic (exact) mass is 373 g/mol. The van der Waals surface area contributed by atoms with Gasteiger partial charge in [0.25, 0.3) is 0 Å². The summed E-state index contributed by atoms with van der Waals surface area (Å²) in [6.45, 7) is 3.47. The molecule has 1 saturated heterocycles. The van der Waals surface area contributed by atoms with E-state index in [1.165, 1.54) is 0 Å². The molecule has 0 saturated carbocycles. The van der Waals surface area contributed by atoms with E-state index in [1.807, 2.05) is 42.5 Å². The Labute approximate surface area is 159 Å². The fraction of sp³-hybridized carbons (Fsp3) is 0.400. The number of halogens is 1. The molecule has 0 radical (unpaired) electrons. The Morgan fingerprint density at radius 3 is 2.92 bits per heavy atom. The van der Waals surface area contributed by atoms with Gasteiger partial charge in [0.15, 0.2) is 11.5 Å². The maximum atomic E-state index is 6.10. The number of nitrogens with one attached hydrogen (secondary N) is 1. The summed E-state index contributed by atoms with van der Waals surface area (Å²) in [6, 6.07) is 13.7. The van der Waals surface area contributed by atoms with Crippen LogP contribution in [0.2, 0.25) is 5.02 Å². The molecule has 138 valence electrons. The summed E-state index contributed by atoms with van der Waals surface area (Å²) in [5, 5.41) is 4.24. The summed E-state index contributed by atoms with van der Waals surface area (Å²) in [7, 11) is 0. The number of rotatable bonds is 4. The van der Waals surface area contributed by atoms with E-state index in [2.05, 4.69) is 10.2 Å². The number of hydrogen-bond acceptors (Lipinski definition) is 5. The fourth-order valence-electron chi connectivity index (χ4n) is 3.65. The van der Waals surface area contributed by atoms with Gasteiger partial charge in [-0.15, -0.1) is 0 Å². The number of piperidine rings is 1. The Balaban J connectivity index is 1.35. The highest BCUT2D eigenvalue weighted by Gasteiger charge is 2.26. The van der Waals surface area contributed by atoms with E-state index in [9.17, 15) is 0 Å². The molecule has 2 aromatic rings. The maximum absolute atomic E-state index is 6.10. The summed E-state index contributed by atoms with van der Waals surface area (Å²) in [5.41, 5.74) is 7.71. The normalized spacial score (nSPS) is 22.8. The highest BCUT2D eigenvalue weighted by Crippen LogP contribution is 2.31. The van der Waals surface area contributed by atoms with Crippen molar-refractivity contribution in [2.45, 2.75) is 25.0 Å². The smallest absolute Gasteiger partial charge is 0.161 e. The van der Waals surface area contributed by atoms with Crippen molar-refractivity contribution in [3.63, 3.8) is 0 Å². The molecule has 0 aromatic heterocycles. The second-order valence-electron chi connectivity index (χ2n) is 6.97. The molecule has 2 heterocycles. The Morgan fingerprint density at radius 1 is 1.19 bits per heavy atom. The lowest BCUT2D eigenvalue weighted by atomic mass is 10.0. The zero-order valence-corrected chi connectivity index (χ0v) is 15.4. The van der Waals surface area contributed by atoms with Gasteiger partial charge in [-0.3, -0.25) is 4.90 Å². The van der Waals surface area contributed by atoms with Crippen molar-refractivity contribution in [3.8, 4) is 11.5 Å². The minimum atomic E-state index is 0.0555. The third-order valence-electron chi connectivity index (χ3n) is 4.91. The van der Waals surface area contributed by atoms with E-state index in [1.54, 1.807) is 0 Å². The Morgan fingerprint density at radius 2 is 2.04 bits per heavy atom. The molecular formula is C20H24ClN3O2. The van der Waals surface area contributed by atoms with E-state index >= 15 is 0 Å². The highest BCUT2D eigenvalue weighted by molar-refractivity contribution is 6.31. The van der Waals surface area contributed by atoms with Gasteiger partial charge < -0.3 is 20.5 Å². The Kier molecular flexibility index (Phi) is 5.09. The third-order valence-corrected chi connectivity index (χ3v) is 5.14. The van der Waals surface area contributed by atoms with Crippen LogP contribution >= 0.6 is 11.6 Å². The van der Waals surface area contributed by atoms with Gasteiger partial charge in [-0.2, -0.15) is 0 Å². The minimum Gasteiger partial charge on any atom is -0.486 e. The molecule has 0 amide bonds. The van der Waals surface area contributed by atoms with Crippen LogP contribution in [0.5, 0.6) is 11.5 Å². The Hall–Kier alpha value is -2.11. The number of nitrogens with zero attached hydrogens (tertiary/aromatic N) is 1. The number of anilines is 2. The lowest BCUT2D eigenvalue weighted by Gasteiger charge is -2.37. The van der Waals surface area contributed by atoms with Crippen LogP contribution in [0.25, 0.3) is 0 Å². The number of nitrogen functional groups attached to an aromatic ring is 1. The molecule has 1 fully saturated rings. The molecule has 0 bridgehead atoms. The summed E-state index contributed by atoms with van der Waals surface area (Å²) < 4.78 is 11.9. The SMILES string of the molecule is Nc1ccc(Cl)cc1N[C@H]1CCCN(C[C@H]2COc3ccccc3O2)C1. The van der Waals surface area contributed by atoms with Gasteiger partial charge in [0.2, 0.25) is 0 Å². The lowest BCUT2D eigenvalue weighted by molar-refractivity contribution is 0.0518. The molecule has 6 heteroatoms. The molecule has 2 aliphatic heterocycles. The van der Waals surface area contributed by atoms with E-state index in [0.29, 0.717) is 17.7 Å². The first-order valence-electron chi connectivity index (χ1n) is 9.10. The van der Waals surface area contributed by atoms with Gasteiger partial charge in [-0.1, -0.05) is 23.7 Å². The number of para-hydroxylation sites is 2. The van der Waals surface area contributed by atoms with Crippen LogP contribution in [0.15, 0.2) is 42.5 Å². The van der Waals surface area contributed by atoms with Gasteiger partial charge in [0.05, 0.1) is 11.4 Å². The summed E-state index contributed by atoms with van der Waals surface area (Å²) >= 11 is 6.10. The first kappa shape index (κ1) is 17.3. The molecule has 0 spiro atoms. The van der Waals surface area contributed by atoms with Crippen molar-refractivity contribution in [1.82, 2.24) is 4.90 Å². The van der Waals surface area contributed by atoms with E-state index in [4.69, 9.17) is 26.8 Å². The van der Waals surface area contributed by atoms with Crippen molar-refractivity contribution in [3.05, 3.63) is 47.5 Å². The zero-order valence-electron chi connectivity index (χ0n) is 14.7. The van der Waals surface area contributed by atoms with Crippen molar-refractivity contribution in [2.24, 2.45) is 0 Å². The van der Waals surface area contributed by atoms with E-state index < -0.39 is 0 Å². The summed E-state index contributed by atoms with van der Waals surface area (Å²) in [4.78, 5) is 2.43. The average molecular weight is 374 g/mol. The van der Waals surface area contributed by atoms with Crippen molar-refractivity contribution < 1.29 is 9.47 Å². The molecule has 2 atom stereocenters. The molecular weight excluding hydrogens is 350 g/mol. The van der Waals surface area contributed by atoms with Gasteiger partial charge in [0, 0.05) is 24.2 Å². The minimum absolute atomic E-state index is 0.0555. The largest absolute Gasteiger partial charge is 0.486 e. The van der Waals surface area contributed by atoms with Crippen LogP contribution in [-0.4, -0.2) is 43.3 Å². The highest BCUT2D eigenvalue weighted by atomic mass is 35.5. The van der Waals surface area contributed by atoms with Gasteiger partial charge in [-0.25, -0.2) is 0 Å². The molecule has 0 aliphatic carbocycles. The van der Waals surface area contributed by atoms with Crippen LogP contribution in [0, 0.1) is 0 Å². The van der Waals surface area contributed by atoms with E-state index in [0.717, 1.165) is 55.3 Å². The standard InChI is InChI=1S/C20H24ClN3O2/c21-14-7-8-17(22)18(10-14)23-15-4-3-9-24(11-15)12-16-13-25-19-5-1-2-6-20(19)26-16/h1-2,5-8,10,15-16,23H,3-4,9,11-13,22H2/t15-,16-/m0/s1. The number of ether oxygens (including phenoxy) is 2. The number of likely N-dealkylation sites (tertiary alicyclic amines) is 1. The molecule has 0 unspecified atom stereocenters. The van der Waals surface area contributed by atoms with Crippen molar-refractivity contribution >= 4 is 23.0 Å². The van der Waals surface area contributed by atoms with Gasteiger partial charge in [0.1, 0.15) is 12.7 Å². The van der Waals surface area contributed by atoms with Crippen molar-refractivity contribution in [1.29, 1.82) is 0 Å². The molecule has 3 N–H and O–H groups in total. The summed E-state index contributed by atoms with van der Waals surface area (Å²) in [5.74, 6) is 1.67. The first-order valence-corrected chi connectivity index (χ1v) is 9.47. The first-order chi connectivity index (χ1) is 12.7. The predicted octanol–water partition coefficient (Wildman–Crippen LogP) is 3.64. The third kappa shape index (κ3) is 4.00. The van der Waals surface area contributed by atoms with Crippen LogP contribution in [0.3, 0.4) is 0 Å². The van der Waals surface area contributed by atoms with Crippen LogP contribution in [-0.2, 0) is 0 Å². The topological polar surface area (TPSA) is 59.8 Å².